The van der Waals surface area contributed by atoms with Crippen LogP contribution in [0.1, 0.15) is 22.2 Å². The molecule has 0 bridgehead atoms. The fourth-order valence-corrected chi connectivity index (χ4v) is 3.20. The lowest BCUT2D eigenvalue weighted by Crippen LogP contribution is -2.27. The maximum absolute atomic E-state index is 11.9. The van der Waals surface area contributed by atoms with Crippen molar-refractivity contribution in [1.29, 1.82) is 0 Å². The molecule has 1 amide bonds. The molecule has 0 fully saturated rings. The maximum atomic E-state index is 11.9. The summed E-state index contributed by atoms with van der Waals surface area (Å²) >= 11 is 1.51. The Hall–Kier alpha value is -2.71. The zero-order valence-corrected chi connectivity index (χ0v) is 12.6. The lowest BCUT2D eigenvalue weighted by molar-refractivity contribution is -0.402. The minimum Gasteiger partial charge on any atom is -0.395 e. The summed E-state index contributed by atoms with van der Waals surface area (Å²) in [4.78, 5) is 21.7. The smallest absolute Gasteiger partial charge is 0.395 e. The second-order valence-corrected chi connectivity index (χ2v) is 5.72. The van der Waals surface area contributed by atoms with Crippen molar-refractivity contribution in [1.82, 2.24) is 5.32 Å². The molecule has 1 unspecified atom stereocenters. The third-order valence-corrected chi connectivity index (χ3v) is 4.30. The summed E-state index contributed by atoms with van der Waals surface area (Å²) in [5.41, 5.74) is 0.733. The number of furan rings is 1. The zero-order chi connectivity index (χ0) is 16.4. The SMILES string of the molecule is O=C(NCC(O)c1csc2ccccc12)c1ccc([N+](=O)[O-])o1. The van der Waals surface area contributed by atoms with Gasteiger partial charge >= 0.3 is 5.88 Å². The number of benzene rings is 1. The lowest BCUT2D eigenvalue weighted by Gasteiger charge is -2.10. The van der Waals surface area contributed by atoms with Crippen molar-refractivity contribution in [3.05, 3.63) is 63.2 Å². The molecule has 0 aliphatic rings. The zero-order valence-electron chi connectivity index (χ0n) is 11.8. The minimum absolute atomic E-state index is 0.0198. The summed E-state index contributed by atoms with van der Waals surface area (Å²) in [6.45, 7) is -0.0198. The Kier molecular flexibility index (Phi) is 4.09. The van der Waals surface area contributed by atoms with Gasteiger partial charge in [0.15, 0.2) is 5.76 Å². The summed E-state index contributed by atoms with van der Waals surface area (Å²) in [7, 11) is 0. The first-order valence-corrected chi connectivity index (χ1v) is 7.61. The Morgan fingerprint density at radius 1 is 1.35 bits per heavy atom. The summed E-state index contributed by atoms with van der Waals surface area (Å²) in [5, 5.41) is 26.1. The molecule has 0 aliphatic heterocycles. The molecular weight excluding hydrogens is 320 g/mol. The van der Waals surface area contributed by atoms with Crippen molar-refractivity contribution in [2.45, 2.75) is 6.10 Å². The van der Waals surface area contributed by atoms with Gasteiger partial charge in [0.1, 0.15) is 4.92 Å². The average Bonchev–Trinajstić information content (AvgIpc) is 3.19. The molecule has 0 saturated heterocycles. The summed E-state index contributed by atoms with van der Waals surface area (Å²) in [6, 6.07) is 9.99. The third-order valence-electron chi connectivity index (χ3n) is 3.32. The van der Waals surface area contributed by atoms with Gasteiger partial charge in [-0.25, -0.2) is 0 Å². The molecule has 0 radical (unpaired) electrons. The Morgan fingerprint density at radius 3 is 2.87 bits per heavy atom. The van der Waals surface area contributed by atoms with Gasteiger partial charge in [-0.15, -0.1) is 11.3 Å². The number of rotatable bonds is 5. The molecule has 1 atom stereocenters. The van der Waals surface area contributed by atoms with E-state index in [-0.39, 0.29) is 12.3 Å². The van der Waals surface area contributed by atoms with Crippen molar-refractivity contribution < 1.29 is 19.2 Å². The van der Waals surface area contributed by atoms with Crippen molar-refractivity contribution >= 4 is 33.2 Å². The Bertz CT molecular complexity index is 870. The molecule has 0 spiro atoms. The van der Waals surface area contributed by atoms with Crippen LogP contribution in [0.15, 0.2) is 46.2 Å². The summed E-state index contributed by atoms with van der Waals surface area (Å²) < 4.78 is 5.86. The maximum Gasteiger partial charge on any atom is 0.433 e. The van der Waals surface area contributed by atoms with Crippen molar-refractivity contribution in [2.75, 3.05) is 6.54 Å². The number of hydrogen-bond donors (Lipinski definition) is 2. The number of amides is 1. The van der Waals surface area contributed by atoms with Crippen LogP contribution in [0.5, 0.6) is 0 Å². The van der Waals surface area contributed by atoms with Crippen LogP contribution in [0, 0.1) is 10.1 Å². The van der Waals surface area contributed by atoms with Crippen molar-refractivity contribution in [3.63, 3.8) is 0 Å². The number of hydrogen-bond acceptors (Lipinski definition) is 6. The number of aliphatic hydroxyl groups excluding tert-OH is 1. The number of nitrogens with zero attached hydrogens (tertiary/aromatic N) is 1. The van der Waals surface area contributed by atoms with E-state index >= 15 is 0 Å². The van der Waals surface area contributed by atoms with Gasteiger partial charge in [-0.2, -0.15) is 0 Å². The van der Waals surface area contributed by atoms with Crippen LogP contribution in [0.25, 0.3) is 10.1 Å². The van der Waals surface area contributed by atoms with E-state index in [1.807, 2.05) is 29.6 Å². The monoisotopic (exact) mass is 332 g/mol. The van der Waals surface area contributed by atoms with Crippen LogP contribution in [0.3, 0.4) is 0 Å². The van der Waals surface area contributed by atoms with Crippen molar-refractivity contribution in [2.24, 2.45) is 0 Å². The number of nitrogens with one attached hydrogen (secondary N) is 1. The Balaban J connectivity index is 1.67. The first kappa shape index (κ1) is 15.2. The quantitative estimate of drug-likeness (QED) is 0.552. The molecule has 3 aromatic rings. The molecule has 7 nitrogen and oxygen atoms in total. The van der Waals surface area contributed by atoms with Gasteiger partial charge < -0.3 is 14.8 Å². The van der Waals surface area contributed by atoms with E-state index < -0.39 is 22.8 Å². The fraction of sp³-hybridized carbons (Fsp3) is 0.133. The number of aliphatic hydroxyl groups is 1. The summed E-state index contributed by atoms with van der Waals surface area (Å²) in [6.07, 6.45) is -0.875. The number of thiophene rings is 1. The first-order chi connectivity index (χ1) is 11.1. The third kappa shape index (κ3) is 3.08. The molecule has 1 aromatic carbocycles. The normalized spacial score (nSPS) is 12.2. The molecule has 0 saturated carbocycles. The molecule has 2 heterocycles. The Labute approximate surface area is 134 Å². The highest BCUT2D eigenvalue weighted by atomic mass is 32.1. The molecule has 118 valence electrons. The van der Waals surface area contributed by atoms with Crippen LogP contribution in [0.2, 0.25) is 0 Å². The predicted octanol–water partition coefficient (Wildman–Crippen LogP) is 2.87. The van der Waals surface area contributed by atoms with E-state index in [0.29, 0.717) is 0 Å². The highest BCUT2D eigenvalue weighted by molar-refractivity contribution is 7.17. The largest absolute Gasteiger partial charge is 0.433 e. The standard InChI is InChI=1S/C15H12N2O5S/c18-11(10-8-23-13-4-2-1-3-9(10)13)7-16-15(19)12-5-6-14(22-12)17(20)21/h1-6,8,11,18H,7H2,(H,16,19). The van der Waals surface area contributed by atoms with Gasteiger partial charge in [-0.1, -0.05) is 18.2 Å². The van der Waals surface area contributed by atoms with E-state index in [1.165, 1.54) is 17.4 Å². The van der Waals surface area contributed by atoms with Gasteiger partial charge in [0.05, 0.1) is 12.2 Å². The van der Waals surface area contributed by atoms with Crippen LogP contribution < -0.4 is 5.32 Å². The van der Waals surface area contributed by atoms with Crippen LogP contribution in [-0.4, -0.2) is 22.5 Å². The lowest BCUT2D eigenvalue weighted by atomic mass is 10.1. The average molecular weight is 332 g/mol. The highest BCUT2D eigenvalue weighted by Gasteiger charge is 2.19. The Morgan fingerprint density at radius 2 is 2.13 bits per heavy atom. The van der Waals surface area contributed by atoms with Gasteiger partial charge in [0.2, 0.25) is 0 Å². The first-order valence-electron chi connectivity index (χ1n) is 6.73. The summed E-state index contributed by atoms with van der Waals surface area (Å²) in [5.74, 6) is -1.28. The molecule has 23 heavy (non-hydrogen) atoms. The predicted molar refractivity (Wildman–Crippen MR) is 84.5 cm³/mol. The van der Waals surface area contributed by atoms with E-state index in [0.717, 1.165) is 21.7 Å². The number of carbonyl (C=O) groups is 1. The second kappa shape index (κ2) is 6.19. The van der Waals surface area contributed by atoms with Crippen molar-refractivity contribution in [3.8, 4) is 0 Å². The molecule has 2 N–H and O–H groups in total. The highest BCUT2D eigenvalue weighted by Crippen LogP contribution is 2.29. The van der Waals surface area contributed by atoms with E-state index in [1.54, 1.807) is 0 Å². The van der Waals surface area contributed by atoms with E-state index in [2.05, 4.69) is 5.32 Å². The van der Waals surface area contributed by atoms with E-state index in [4.69, 9.17) is 4.42 Å². The van der Waals surface area contributed by atoms with Crippen LogP contribution in [0.4, 0.5) is 5.88 Å². The second-order valence-electron chi connectivity index (χ2n) is 4.81. The fourth-order valence-electron chi connectivity index (χ4n) is 2.19. The van der Waals surface area contributed by atoms with Gasteiger partial charge in [-0.3, -0.25) is 14.9 Å². The topological polar surface area (TPSA) is 106 Å². The number of fused-ring (bicyclic) bond motifs is 1. The van der Waals surface area contributed by atoms with Gasteiger partial charge in [-0.05, 0) is 22.9 Å². The number of carbonyl (C=O) groups excluding carboxylic acids is 1. The molecule has 0 aliphatic carbocycles. The van der Waals surface area contributed by atoms with Gasteiger partial charge in [0.25, 0.3) is 5.91 Å². The molecular formula is C15H12N2O5S. The number of nitro groups is 1. The van der Waals surface area contributed by atoms with Gasteiger partial charge in [0, 0.05) is 16.8 Å². The molecule has 8 heteroatoms. The van der Waals surface area contributed by atoms with Crippen LogP contribution >= 0.6 is 11.3 Å². The van der Waals surface area contributed by atoms with Crippen LogP contribution in [-0.2, 0) is 0 Å². The molecule has 2 aromatic heterocycles. The van der Waals surface area contributed by atoms with E-state index in [9.17, 15) is 20.0 Å². The minimum atomic E-state index is -0.875. The molecule has 3 rings (SSSR count).